The van der Waals surface area contributed by atoms with Gasteiger partial charge in [0.25, 0.3) is 0 Å². The largest absolute Gasteiger partial charge is 0.463 e. The molecule has 0 aliphatic rings. The predicted octanol–water partition coefficient (Wildman–Crippen LogP) is 1.19. The highest BCUT2D eigenvalue weighted by atomic mass is 19.1. The summed E-state index contributed by atoms with van der Waals surface area (Å²) in [4.78, 5) is 17.5. The summed E-state index contributed by atoms with van der Waals surface area (Å²) in [5, 5.41) is 0. The molecule has 0 amide bonds. The van der Waals surface area contributed by atoms with Crippen LogP contribution in [0.4, 0.5) is 4.39 Å². The first kappa shape index (κ1) is 10.3. The highest BCUT2D eigenvalue weighted by molar-refractivity contribution is 5.86. The van der Waals surface area contributed by atoms with Gasteiger partial charge < -0.3 is 4.74 Å². The van der Waals surface area contributed by atoms with Gasteiger partial charge in [0.15, 0.2) is 0 Å². The monoisotopic (exact) mass is 196 g/mol. The van der Waals surface area contributed by atoms with Gasteiger partial charge in [-0.3, -0.25) is 0 Å². The molecule has 74 valence electrons. The molecule has 0 unspecified atom stereocenters. The van der Waals surface area contributed by atoms with Gasteiger partial charge in [0.1, 0.15) is 0 Å². The van der Waals surface area contributed by atoms with E-state index in [0.29, 0.717) is 12.2 Å². The van der Waals surface area contributed by atoms with Crippen LogP contribution in [0.3, 0.4) is 0 Å². The zero-order valence-electron chi connectivity index (χ0n) is 7.61. The lowest BCUT2D eigenvalue weighted by Gasteiger charge is -1.94. The molecule has 0 aliphatic carbocycles. The van der Waals surface area contributed by atoms with Gasteiger partial charge in [0, 0.05) is 24.0 Å². The third kappa shape index (κ3) is 3.30. The standard InChI is InChI=1S/C9H9FN2O2/c1-2-14-8(13)4-3-7-5-11-9(10)12-6-7/h3-6H,2H2,1H3. The highest BCUT2D eigenvalue weighted by Crippen LogP contribution is 1.98. The molecule has 4 nitrogen and oxygen atoms in total. The van der Waals surface area contributed by atoms with Crippen molar-refractivity contribution in [1.82, 2.24) is 9.97 Å². The quantitative estimate of drug-likeness (QED) is 0.414. The van der Waals surface area contributed by atoms with Crippen LogP contribution >= 0.6 is 0 Å². The van der Waals surface area contributed by atoms with Crippen molar-refractivity contribution in [3.8, 4) is 0 Å². The number of rotatable bonds is 3. The molecule has 0 bridgehead atoms. The van der Waals surface area contributed by atoms with Crippen LogP contribution in [0.15, 0.2) is 18.5 Å². The number of aromatic nitrogens is 2. The Balaban J connectivity index is 2.60. The van der Waals surface area contributed by atoms with E-state index in [2.05, 4.69) is 14.7 Å². The van der Waals surface area contributed by atoms with Gasteiger partial charge >= 0.3 is 12.0 Å². The fourth-order valence-corrected chi connectivity index (χ4v) is 0.763. The van der Waals surface area contributed by atoms with Crippen LogP contribution in [0.5, 0.6) is 0 Å². The Morgan fingerprint density at radius 2 is 2.21 bits per heavy atom. The Hall–Kier alpha value is -1.78. The molecule has 0 saturated carbocycles. The molecule has 0 spiro atoms. The molecule has 1 aromatic heterocycles. The predicted molar refractivity (Wildman–Crippen MR) is 47.7 cm³/mol. The highest BCUT2D eigenvalue weighted by Gasteiger charge is 1.95. The van der Waals surface area contributed by atoms with E-state index < -0.39 is 12.0 Å². The summed E-state index contributed by atoms with van der Waals surface area (Å²) in [7, 11) is 0. The molecule has 0 aliphatic heterocycles. The maximum absolute atomic E-state index is 12.3. The van der Waals surface area contributed by atoms with Crippen molar-refractivity contribution in [1.29, 1.82) is 0 Å². The van der Waals surface area contributed by atoms with Crippen molar-refractivity contribution in [3.63, 3.8) is 0 Å². The molecule has 5 heteroatoms. The molecule has 0 saturated heterocycles. The Morgan fingerprint density at radius 1 is 1.57 bits per heavy atom. The maximum atomic E-state index is 12.3. The van der Waals surface area contributed by atoms with Crippen LogP contribution in [-0.2, 0) is 9.53 Å². The van der Waals surface area contributed by atoms with Crippen LogP contribution in [0.1, 0.15) is 12.5 Å². The first-order chi connectivity index (χ1) is 6.72. The Bertz CT molecular complexity index is 335. The van der Waals surface area contributed by atoms with Crippen molar-refractivity contribution in [2.24, 2.45) is 0 Å². The number of ether oxygens (including phenoxy) is 1. The average molecular weight is 196 g/mol. The molecule has 0 aromatic carbocycles. The van der Waals surface area contributed by atoms with Crippen molar-refractivity contribution in [2.75, 3.05) is 6.61 Å². The third-order valence-corrected chi connectivity index (χ3v) is 1.34. The van der Waals surface area contributed by atoms with Crippen LogP contribution < -0.4 is 0 Å². The zero-order valence-corrected chi connectivity index (χ0v) is 7.61. The number of carbonyl (C=O) groups excluding carboxylic acids is 1. The van der Waals surface area contributed by atoms with Gasteiger partial charge in [-0.05, 0) is 13.0 Å². The molecule has 0 fully saturated rings. The number of hydrogen-bond donors (Lipinski definition) is 0. The molecule has 1 aromatic rings. The van der Waals surface area contributed by atoms with Crippen LogP contribution in [-0.4, -0.2) is 22.5 Å². The number of nitrogens with zero attached hydrogens (tertiary/aromatic N) is 2. The number of halogens is 1. The van der Waals surface area contributed by atoms with E-state index in [4.69, 9.17) is 0 Å². The van der Waals surface area contributed by atoms with Crippen molar-refractivity contribution < 1.29 is 13.9 Å². The van der Waals surface area contributed by atoms with Crippen molar-refractivity contribution >= 4 is 12.0 Å². The molecule has 0 atom stereocenters. The van der Waals surface area contributed by atoms with Gasteiger partial charge in [0.2, 0.25) is 0 Å². The summed E-state index contributed by atoms with van der Waals surface area (Å²) in [5.41, 5.74) is 0.541. The van der Waals surface area contributed by atoms with Crippen molar-refractivity contribution in [2.45, 2.75) is 6.92 Å². The van der Waals surface area contributed by atoms with E-state index in [0.717, 1.165) is 0 Å². The number of carbonyl (C=O) groups is 1. The van der Waals surface area contributed by atoms with Crippen LogP contribution in [0.25, 0.3) is 6.08 Å². The summed E-state index contributed by atoms with van der Waals surface area (Å²) in [5.74, 6) is -0.447. The fourth-order valence-electron chi connectivity index (χ4n) is 0.763. The second kappa shape index (κ2) is 5.06. The minimum absolute atomic E-state index is 0.323. The van der Waals surface area contributed by atoms with E-state index in [1.54, 1.807) is 6.92 Å². The van der Waals surface area contributed by atoms with Gasteiger partial charge in [-0.25, -0.2) is 14.8 Å². The van der Waals surface area contributed by atoms with Gasteiger partial charge in [-0.1, -0.05) is 0 Å². The minimum Gasteiger partial charge on any atom is -0.463 e. The molecule has 14 heavy (non-hydrogen) atoms. The molecule has 0 radical (unpaired) electrons. The summed E-state index contributed by atoms with van der Waals surface area (Å²) in [6.07, 6.45) is 4.45. The van der Waals surface area contributed by atoms with Gasteiger partial charge in [0.05, 0.1) is 6.61 Å². The Labute approximate surface area is 80.4 Å². The molecular formula is C9H9FN2O2. The lowest BCUT2D eigenvalue weighted by atomic mass is 10.3. The first-order valence-electron chi connectivity index (χ1n) is 4.04. The lowest BCUT2D eigenvalue weighted by Crippen LogP contribution is -1.98. The van der Waals surface area contributed by atoms with Crippen LogP contribution in [0, 0.1) is 6.08 Å². The third-order valence-electron chi connectivity index (χ3n) is 1.34. The Morgan fingerprint density at radius 3 is 2.79 bits per heavy atom. The van der Waals surface area contributed by atoms with Gasteiger partial charge in [-0.15, -0.1) is 0 Å². The Kier molecular flexibility index (Phi) is 3.72. The molecule has 1 rings (SSSR count). The normalized spacial score (nSPS) is 10.4. The van der Waals surface area contributed by atoms with E-state index in [1.165, 1.54) is 24.5 Å². The van der Waals surface area contributed by atoms with E-state index in [1.807, 2.05) is 0 Å². The SMILES string of the molecule is CCOC(=O)C=Cc1cnc(F)nc1. The van der Waals surface area contributed by atoms with Crippen LogP contribution in [0.2, 0.25) is 0 Å². The fraction of sp³-hybridized carbons (Fsp3) is 0.222. The second-order valence-corrected chi connectivity index (χ2v) is 2.37. The topological polar surface area (TPSA) is 52.1 Å². The lowest BCUT2D eigenvalue weighted by molar-refractivity contribution is -0.137. The number of hydrogen-bond acceptors (Lipinski definition) is 4. The maximum Gasteiger partial charge on any atom is 0.330 e. The van der Waals surface area contributed by atoms with Crippen molar-refractivity contribution in [3.05, 3.63) is 30.1 Å². The molecule has 1 heterocycles. The summed E-state index contributed by atoms with van der Waals surface area (Å²) in [6, 6.07) is 0. The smallest absolute Gasteiger partial charge is 0.330 e. The van der Waals surface area contributed by atoms with E-state index in [9.17, 15) is 9.18 Å². The van der Waals surface area contributed by atoms with E-state index in [-0.39, 0.29) is 0 Å². The summed E-state index contributed by atoms with van der Waals surface area (Å²) >= 11 is 0. The molecule has 0 N–H and O–H groups in total. The second-order valence-electron chi connectivity index (χ2n) is 2.37. The minimum atomic E-state index is -0.793. The summed E-state index contributed by atoms with van der Waals surface area (Å²) < 4.78 is 16.9. The van der Waals surface area contributed by atoms with E-state index >= 15 is 0 Å². The van der Waals surface area contributed by atoms with Gasteiger partial charge in [-0.2, -0.15) is 4.39 Å². The number of esters is 1. The average Bonchev–Trinajstić information content (AvgIpc) is 2.17. The first-order valence-corrected chi connectivity index (χ1v) is 4.04. The molecular weight excluding hydrogens is 187 g/mol. The zero-order chi connectivity index (χ0) is 10.4. The summed E-state index contributed by atoms with van der Waals surface area (Å²) in [6.45, 7) is 2.04.